The van der Waals surface area contributed by atoms with Gasteiger partial charge in [-0.2, -0.15) is 5.10 Å². The molecule has 4 rings (SSSR count). The zero-order valence-electron chi connectivity index (χ0n) is 15.7. The van der Waals surface area contributed by atoms with Crippen molar-refractivity contribution in [2.24, 2.45) is 5.92 Å². The Morgan fingerprint density at radius 2 is 1.79 bits per heavy atom. The van der Waals surface area contributed by atoms with Gasteiger partial charge in [-0.05, 0) is 43.0 Å². The van der Waals surface area contributed by atoms with Gasteiger partial charge in [0.1, 0.15) is 11.6 Å². The van der Waals surface area contributed by atoms with E-state index in [4.69, 9.17) is 0 Å². The van der Waals surface area contributed by atoms with Crippen LogP contribution in [0.15, 0.2) is 48.8 Å². The molecule has 0 atom stereocenters. The molecular formula is C21H21F2N5O. The fourth-order valence-corrected chi connectivity index (χ4v) is 3.54. The van der Waals surface area contributed by atoms with Gasteiger partial charge in [0, 0.05) is 55.3 Å². The largest absolute Gasteiger partial charge is 0.355 e. The van der Waals surface area contributed by atoms with Crippen LogP contribution in [0.4, 0.5) is 14.6 Å². The zero-order valence-corrected chi connectivity index (χ0v) is 15.7. The number of H-pyrrole nitrogens is 1. The summed E-state index contributed by atoms with van der Waals surface area (Å²) in [7, 11) is 0. The molecular weight excluding hydrogens is 376 g/mol. The molecule has 3 aromatic rings. The van der Waals surface area contributed by atoms with Gasteiger partial charge in [-0.15, -0.1) is 0 Å². The third kappa shape index (κ3) is 4.59. The molecule has 3 heterocycles. The topological polar surface area (TPSA) is 73.9 Å². The van der Waals surface area contributed by atoms with Gasteiger partial charge in [0.15, 0.2) is 5.82 Å². The van der Waals surface area contributed by atoms with E-state index in [2.05, 4.69) is 25.4 Å². The van der Waals surface area contributed by atoms with Crippen LogP contribution < -0.4 is 10.2 Å². The molecule has 6 nitrogen and oxygen atoms in total. The normalized spacial score (nSPS) is 14.8. The minimum absolute atomic E-state index is 0.0000927. The molecule has 0 saturated carbocycles. The lowest BCUT2D eigenvalue weighted by Gasteiger charge is -2.32. The van der Waals surface area contributed by atoms with E-state index in [-0.39, 0.29) is 5.56 Å². The summed E-state index contributed by atoms with van der Waals surface area (Å²) in [5.41, 5.74) is 1.98. The molecule has 0 radical (unpaired) electrons. The number of hydrogen-bond donors (Lipinski definition) is 2. The number of benzene rings is 1. The summed E-state index contributed by atoms with van der Waals surface area (Å²) in [6.07, 6.45) is 5.28. The number of aromatic nitrogens is 3. The van der Waals surface area contributed by atoms with Gasteiger partial charge in [0.25, 0.3) is 5.91 Å². The van der Waals surface area contributed by atoms with Crippen molar-refractivity contribution in [3.63, 3.8) is 0 Å². The predicted octanol–water partition coefficient (Wildman–Crippen LogP) is 3.40. The Morgan fingerprint density at radius 3 is 2.48 bits per heavy atom. The standard InChI is InChI=1S/C21H21F2N5O/c22-17-9-16(10-18(23)11-17)21(29)25-13-14-3-7-28(8-4-14)20-12-19(26-27-20)15-1-5-24-6-2-15/h1-2,5-6,9-12,14H,3-4,7-8,13H2,(H,25,29)(H,26,27). The van der Waals surface area contributed by atoms with Gasteiger partial charge < -0.3 is 10.2 Å². The number of nitrogens with one attached hydrogen (secondary N) is 2. The van der Waals surface area contributed by atoms with Crippen molar-refractivity contribution in [3.8, 4) is 11.3 Å². The molecule has 1 amide bonds. The molecule has 1 saturated heterocycles. The molecule has 0 bridgehead atoms. The lowest BCUT2D eigenvalue weighted by molar-refractivity contribution is 0.0944. The molecule has 150 valence electrons. The van der Waals surface area contributed by atoms with E-state index in [0.717, 1.165) is 61.2 Å². The molecule has 1 aliphatic heterocycles. The molecule has 0 aliphatic carbocycles. The number of anilines is 1. The van der Waals surface area contributed by atoms with Gasteiger partial charge in [0.05, 0.1) is 5.69 Å². The number of aromatic amines is 1. The van der Waals surface area contributed by atoms with Crippen LogP contribution in [0, 0.1) is 17.6 Å². The molecule has 8 heteroatoms. The first kappa shape index (κ1) is 19.0. The number of hydrogen-bond acceptors (Lipinski definition) is 4. The molecule has 2 aromatic heterocycles. The van der Waals surface area contributed by atoms with E-state index in [1.807, 2.05) is 18.2 Å². The number of carbonyl (C=O) groups excluding carboxylic acids is 1. The monoisotopic (exact) mass is 397 g/mol. The van der Waals surface area contributed by atoms with E-state index in [0.29, 0.717) is 12.5 Å². The van der Waals surface area contributed by atoms with Gasteiger partial charge in [0.2, 0.25) is 0 Å². The summed E-state index contributed by atoms with van der Waals surface area (Å²) < 4.78 is 26.5. The predicted molar refractivity (Wildman–Crippen MR) is 105 cm³/mol. The number of piperidine rings is 1. The van der Waals surface area contributed by atoms with Gasteiger partial charge >= 0.3 is 0 Å². The maximum Gasteiger partial charge on any atom is 0.251 e. The van der Waals surface area contributed by atoms with E-state index in [1.165, 1.54) is 0 Å². The summed E-state index contributed by atoms with van der Waals surface area (Å²) in [4.78, 5) is 18.4. The Bertz CT molecular complexity index is 963. The van der Waals surface area contributed by atoms with Gasteiger partial charge in [-0.3, -0.25) is 14.9 Å². The van der Waals surface area contributed by atoms with Crippen molar-refractivity contribution < 1.29 is 13.6 Å². The molecule has 1 aromatic carbocycles. The molecule has 2 N–H and O–H groups in total. The Hall–Kier alpha value is -3.29. The summed E-state index contributed by atoms with van der Waals surface area (Å²) in [5.74, 6) is -0.760. The second-order valence-electron chi connectivity index (χ2n) is 7.17. The minimum Gasteiger partial charge on any atom is -0.355 e. The Balaban J connectivity index is 1.29. The smallest absolute Gasteiger partial charge is 0.251 e. The zero-order chi connectivity index (χ0) is 20.2. The average molecular weight is 397 g/mol. The summed E-state index contributed by atoms with van der Waals surface area (Å²) in [5, 5.41) is 10.3. The first-order valence-corrected chi connectivity index (χ1v) is 9.53. The van der Waals surface area contributed by atoms with E-state index in [1.54, 1.807) is 12.4 Å². The summed E-state index contributed by atoms with van der Waals surface area (Å²) >= 11 is 0. The highest BCUT2D eigenvalue weighted by atomic mass is 19.1. The number of nitrogens with zero attached hydrogens (tertiary/aromatic N) is 3. The van der Waals surface area contributed by atoms with E-state index < -0.39 is 17.5 Å². The molecule has 0 unspecified atom stereocenters. The minimum atomic E-state index is -0.756. The quantitative estimate of drug-likeness (QED) is 0.692. The number of amides is 1. The Kier molecular flexibility index (Phi) is 5.50. The van der Waals surface area contributed by atoms with Gasteiger partial charge in [-0.1, -0.05) is 0 Å². The van der Waals surface area contributed by atoms with Crippen LogP contribution in [-0.2, 0) is 0 Å². The van der Waals surface area contributed by atoms with E-state index in [9.17, 15) is 13.6 Å². The van der Waals surface area contributed by atoms with Crippen LogP contribution >= 0.6 is 0 Å². The summed E-state index contributed by atoms with van der Waals surface area (Å²) in [6.45, 7) is 2.14. The van der Waals surface area contributed by atoms with Crippen LogP contribution in [0.25, 0.3) is 11.3 Å². The maximum atomic E-state index is 13.3. The van der Waals surface area contributed by atoms with Crippen molar-refractivity contribution in [1.29, 1.82) is 0 Å². The molecule has 1 aliphatic rings. The molecule has 0 spiro atoms. The van der Waals surface area contributed by atoms with Crippen LogP contribution in [0.5, 0.6) is 0 Å². The van der Waals surface area contributed by atoms with Crippen molar-refractivity contribution in [1.82, 2.24) is 20.5 Å². The third-order valence-corrected chi connectivity index (χ3v) is 5.17. The number of pyridine rings is 1. The van der Waals surface area contributed by atoms with Crippen LogP contribution in [-0.4, -0.2) is 40.7 Å². The highest BCUT2D eigenvalue weighted by Gasteiger charge is 2.22. The van der Waals surface area contributed by atoms with Crippen molar-refractivity contribution in [2.75, 3.05) is 24.5 Å². The fraction of sp³-hybridized carbons (Fsp3) is 0.286. The first-order valence-electron chi connectivity index (χ1n) is 9.53. The molecule has 29 heavy (non-hydrogen) atoms. The van der Waals surface area contributed by atoms with Gasteiger partial charge in [-0.25, -0.2) is 8.78 Å². The first-order chi connectivity index (χ1) is 14.1. The number of halogens is 2. The number of rotatable bonds is 5. The van der Waals surface area contributed by atoms with Crippen molar-refractivity contribution >= 4 is 11.7 Å². The second kappa shape index (κ2) is 8.38. The third-order valence-electron chi connectivity index (χ3n) is 5.17. The maximum absolute atomic E-state index is 13.3. The van der Waals surface area contributed by atoms with Crippen LogP contribution in [0.2, 0.25) is 0 Å². The van der Waals surface area contributed by atoms with Crippen molar-refractivity contribution in [2.45, 2.75) is 12.8 Å². The lowest BCUT2D eigenvalue weighted by Crippen LogP contribution is -2.38. The van der Waals surface area contributed by atoms with E-state index >= 15 is 0 Å². The second-order valence-corrected chi connectivity index (χ2v) is 7.17. The highest BCUT2D eigenvalue weighted by molar-refractivity contribution is 5.94. The van der Waals surface area contributed by atoms with Crippen LogP contribution in [0.3, 0.4) is 0 Å². The summed E-state index contributed by atoms with van der Waals surface area (Å²) in [6, 6.07) is 8.71. The lowest BCUT2D eigenvalue weighted by atomic mass is 9.96. The highest BCUT2D eigenvalue weighted by Crippen LogP contribution is 2.25. The fourth-order valence-electron chi connectivity index (χ4n) is 3.54. The number of carbonyl (C=O) groups is 1. The Morgan fingerprint density at radius 1 is 1.10 bits per heavy atom. The molecule has 1 fully saturated rings. The Labute approximate surface area is 167 Å². The SMILES string of the molecule is O=C(NCC1CCN(c2cc(-c3ccncc3)[nH]n2)CC1)c1cc(F)cc(F)c1. The van der Waals surface area contributed by atoms with Crippen LogP contribution in [0.1, 0.15) is 23.2 Å². The average Bonchev–Trinajstić information content (AvgIpc) is 3.22. The van der Waals surface area contributed by atoms with Crippen molar-refractivity contribution in [3.05, 3.63) is 66.0 Å².